The zero-order chi connectivity index (χ0) is 22.4. The van der Waals surface area contributed by atoms with Gasteiger partial charge in [0.05, 0.1) is 6.54 Å². The molecule has 6 nitrogen and oxygen atoms in total. The van der Waals surface area contributed by atoms with E-state index in [9.17, 15) is 14.1 Å². The highest BCUT2D eigenvalue weighted by Crippen LogP contribution is 2.43. The first-order chi connectivity index (χ1) is 14.5. The van der Waals surface area contributed by atoms with Gasteiger partial charge in [-0.2, -0.15) is 0 Å². The molecule has 1 aromatic rings. The minimum Gasteiger partial charge on any atom is -0.449 e. The third-order valence-corrected chi connectivity index (χ3v) is 4.17. The first-order valence-corrected chi connectivity index (χ1v) is 10.0. The summed E-state index contributed by atoms with van der Waals surface area (Å²) in [5, 5.41) is 5.20. The second-order valence-electron chi connectivity index (χ2n) is 6.57. The van der Waals surface area contributed by atoms with E-state index in [4.69, 9.17) is 4.74 Å². The molecule has 2 N–H and O–H groups in total. The largest absolute Gasteiger partial charge is 0.449 e. The van der Waals surface area contributed by atoms with Gasteiger partial charge < -0.3 is 15.4 Å². The summed E-state index contributed by atoms with van der Waals surface area (Å²) in [5.74, 6) is -1.08. The van der Waals surface area contributed by atoms with Gasteiger partial charge in [0.15, 0.2) is 0 Å². The Morgan fingerprint density at radius 1 is 1.23 bits per heavy atom. The molecule has 0 radical (unpaired) electrons. The van der Waals surface area contributed by atoms with Gasteiger partial charge in [0.25, 0.3) is 0 Å². The summed E-state index contributed by atoms with van der Waals surface area (Å²) in [5.41, 5.74) is 4.30. The zero-order valence-electron chi connectivity index (χ0n) is 17.9. The Morgan fingerprint density at radius 3 is 2.57 bits per heavy atom. The van der Waals surface area contributed by atoms with Crippen LogP contribution >= 0.6 is 0 Å². The number of rotatable bonds is 9. The summed E-state index contributed by atoms with van der Waals surface area (Å²) in [6.45, 7) is 10.5. The van der Waals surface area contributed by atoms with Crippen molar-refractivity contribution in [1.29, 1.82) is 0 Å². The molecule has 164 valence electrons. The molecule has 1 aromatic carbocycles. The molecule has 0 saturated carbocycles. The van der Waals surface area contributed by atoms with Crippen LogP contribution in [0.2, 0.25) is 0 Å². The van der Waals surface area contributed by atoms with E-state index in [0.29, 0.717) is 0 Å². The van der Waals surface area contributed by atoms with Crippen molar-refractivity contribution >= 4 is 17.6 Å². The fourth-order valence-electron chi connectivity index (χ4n) is 3.03. The van der Waals surface area contributed by atoms with Gasteiger partial charge in [-0.05, 0) is 29.2 Å². The number of alkyl carbamates (subject to hydrolysis) is 1. The molecule has 7 heteroatoms. The fourth-order valence-corrected chi connectivity index (χ4v) is 3.03. The van der Waals surface area contributed by atoms with Crippen molar-refractivity contribution in [3.05, 3.63) is 65.8 Å². The van der Waals surface area contributed by atoms with Crippen molar-refractivity contribution in [3.8, 4) is 0 Å². The van der Waals surface area contributed by atoms with Crippen LogP contribution in [-0.2, 0) is 14.5 Å². The summed E-state index contributed by atoms with van der Waals surface area (Å²) in [4.78, 5) is 25.5. The molecule has 2 rings (SSSR count). The predicted octanol–water partition coefficient (Wildman–Crippen LogP) is 4.46. The number of benzene rings is 1. The summed E-state index contributed by atoms with van der Waals surface area (Å²) >= 11 is 0. The van der Waals surface area contributed by atoms with Gasteiger partial charge in [-0.25, -0.2) is 9.59 Å². The first kappa shape index (κ1) is 25.1. The number of hydrogen-bond donors (Lipinski definition) is 2. The molecule has 0 fully saturated rings. The standard InChI is InChI=1S/C20H23FN2O4.C3H8/c1-3-7-15-14(4-2)16-8-5-6-9-17(16)18(15)13-26-20(25)23-11-10-22-12-19(24)27-21;1-3-2/h3-9,18,22H,2,10-13H2,1H3,(H,23,25);3H2,1-2H3/b7-3-;. The van der Waals surface area contributed by atoms with E-state index in [1.54, 1.807) is 0 Å². The van der Waals surface area contributed by atoms with E-state index in [1.807, 2.05) is 49.4 Å². The molecule has 1 atom stereocenters. The van der Waals surface area contributed by atoms with Crippen LogP contribution in [0.15, 0.2) is 54.6 Å². The number of allylic oxidation sites excluding steroid dienone is 4. The molecule has 1 amide bonds. The van der Waals surface area contributed by atoms with Crippen LogP contribution < -0.4 is 10.6 Å². The maximum Gasteiger partial charge on any atom is 0.407 e. The molecule has 0 aliphatic heterocycles. The highest BCUT2D eigenvalue weighted by Gasteiger charge is 2.29. The minimum atomic E-state index is -1.02. The van der Waals surface area contributed by atoms with Gasteiger partial charge in [0.1, 0.15) is 6.61 Å². The number of ether oxygens (including phenoxy) is 1. The fraction of sp³-hybridized carbons (Fsp3) is 0.391. The van der Waals surface area contributed by atoms with Crippen LogP contribution in [0, 0.1) is 0 Å². The third kappa shape index (κ3) is 7.48. The Hall–Kier alpha value is -2.93. The quantitative estimate of drug-likeness (QED) is 0.579. The Morgan fingerprint density at radius 2 is 1.93 bits per heavy atom. The van der Waals surface area contributed by atoms with E-state index < -0.39 is 12.1 Å². The Labute approximate surface area is 177 Å². The predicted molar refractivity (Wildman–Crippen MR) is 116 cm³/mol. The second kappa shape index (κ2) is 14.1. The lowest BCUT2D eigenvalue weighted by Gasteiger charge is -2.15. The van der Waals surface area contributed by atoms with Gasteiger partial charge in [0.2, 0.25) is 0 Å². The summed E-state index contributed by atoms with van der Waals surface area (Å²) in [6, 6.07) is 7.98. The van der Waals surface area contributed by atoms with Crippen molar-refractivity contribution in [2.24, 2.45) is 0 Å². The van der Waals surface area contributed by atoms with Crippen LogP contribution in [0.5, 0.6) is 0 Å². The maximum absolute atomic E-state index is 11.9. The third-order valence-electron chi connectivity index (χ3n) is 4.17. The number of halogens is 1. The van der Waals surface area contributed by atoms with Gasteiger partial charge in [-0.1, -0.05) is 69.3 Å². The van der Waals surface area contributed by atoms with Crippen LogP contribution in [0.4, 0.5) is 9.32 Å². The first-order valence-electron chi connectivity index (χ1n) is 10.0. The van der Waals surface area contributed by atoms with Gasteiger partial charge >= 0.3 is 12.1 Å². The van der Waals surface area contributed by atoms with E-state index >= 15 is 0 Å². The van der Waals surface area contributed by atoms with E-state index in [-0.39, 0.29) is 32.2 Å². The topological polar surface area (TPSA) is 76.7 Å². The van der Waals surface area contributed by atoms with E-state index in [0.717, 1.165) is 22.3 Å². The number of hydrogen-bond acceptors (Lipinski definition) is 5. The Bertz CT molecular complexity index is 774. The van der Waals surface area contributed by atoms with Gasteiger partial charge in [0, 0.05) is 23.5 Å². The number of nitrogens with one attached hydrogen (secondary N) is 2. The van der Waals surface area contributed by atoms with Crippen molar-refractivity contribution in [3.63, 3.8) is 0 Å². The van der Waals surface area contributed by atoms with Crippen molar-refractivity contribution in [2.45, 2.75) is 33.1 Å². The number of carbonyl (C=O) groups excluding carboxylic acids is 2. The van der Waals surface area contributed by atoms with Crippen LogP contribution in [0.1, 0.15) is 44.2 Å². The van der Waals surface area contributed by atoms with Crippen LogP contribution in [-0.4, -0.2) is 38.3 Å². The molecule has 0 saturated heterocycles. The van der Waals surface area contributed by atoms with Crippen LogP contribution in [0.25, 0.3) is 5.57 Å². The summed E-state index contributed by atoms with van der Waals surface area (Å²) in [7, 11) is 0. The van der Waals surface area contributed by atoms with Crippen molar-refractivity contribution in [2.75, 3.05) is 26.2 Å². The number of amides is 1. The number of carbonyl (C=O) groups is 2. The summed E-state index contributed by atoms with van der Waals surface area (Å²) < 4.78 is 16.9. The second-order valence-corrected chi connectivity index (χ2v) is 6.57. The lowest BCUT2D eigenvalue weighted by atomic mass is 9.96. The molecular weight excluding hydrogens is 387 g/mol. The highest BCUT2D eigenvalue weighted by molar-refractivity contribution is 5.86. The zero-order valence-corrected chi connectivity index (χ0v) is 17.9. The molecule has 30 heavy (non-hydrogen) atoms. The number of fused-ring (bicyclic) bond motifs is 1. The van der Waals surface area contributed by atoms with Gasteiger partial charge in [-0.3, -0.25) is 4.94 Å². The minimum absolute atomic E-state index is 0.0615. The van der Waals surface area contributed by atoms with E-state index in [1.165, 1.54) is 6.42 Å². The lowest BCUT2D eigenvalue weighted by Crippen LogP contribution is -2.34. The smallest absolute Gasteiger partial charge is 0.407 e. The normalized spacial score (nSPS) is 14.6. The molecule has 0 bridgehead atoms. The maximum atomic E-state index is 11.9. The average Bonchev–Trinajstić information content (AvgIpc) is 3.05. The van der Waals surface area contributed by atoms with Gasteiger partial charge in [-0.15, -0.1) is 0 Å². The summed E-state index contributed by atoms with van der Waals surface area (Å²) in [6.07, 6.45) is 6.47. The monoisotopic (exact) mass is 418 g/mol. The molecule has 0 spiro atoms. The van der Waals surface area contributed by atoms with Crippen molar-refractivity contribution in [1.82, 2.24) is 10.6 Å². The SMILES string of the molecule is C=CC1=C(/C=C\C)C(COC(=O)NCCNCC(=O)OF)c2ccccc21.CCC. The molecular formula is C23H31FN2O4. The highest BCUT2D eigenvalue weighted by atomic mass is 19.3. The Balaban J connectivity index is 0.00000141. The molecule has 1 aliphatic carbocycles. The molecule has 0 aromatic heterocycles. The molecule has 0 heterocycles. The van der Waals surface area contributed by atoms with E-state index in [2.05, 4.69) is 36.0 Å². The lowest BCUT2D eigenvalue weighted by molar-refractivity contribution is -0.182. The van der Waals surface area contributed by atoms with Crippen LogP contribution in [0.3, 0.4) is 0 Å². The van der Waals surface area contributed by atoms with Crippen molar-refractivity contribution < 1.29 is 23.8 Å². The molecule has 1 unspecified atom stereocenters. The average molecular weight is 419 g/mol. The Kier molecular flexibility index (Phi) is 11.8. The molecule has 1 aliphatic rings.